The van der Waals surface area contributed by atoms with Gasteiger partial charge in [-0.3, -0.25) is 4.79 Å². The number of morpholine rings is 1. The van der Waals surface area contributed by atoms with E-state index >= 15 is 0 Å². The van der Waals surface area contributed by atoms with Crippen molar-refractivity contribution in [1.82, 2.24) is 15.5 Å². The molecule has 0 saturated carbocycles. The first-order chi connectivity index (χ1) is 15.8. The van der Waals surface area contributed by atoms with Crippen LogP contribution in [-0.4, -0.2) is 75.4 Å². The number of hydrogen-bond donors (Lipinski definition) is 2. The molecule has 0 aliphatic carbocycles. The van der Waals surface area contributed by atoms with Crippen molar-refractivity contribution >= 4 is 17.9 Å². The summed E-state index contributed by atoms with van der Waals surface area (Å²) >= 11 is 0. The third-order valence-corrected chi connectivity index (χ3v) is 5.25. The Morgan fingerprint density at radius 2 is 1.88 bits per heavy atom. The molecule has 1 heterocycles. The Morgan fingerprint density at radius 1 is 1.18 bits per heavy atom. The zero-order valence-corrected chi connectivity index (χ0v) is 19.5. The van der Waals surface area contributed by atoms with Gasteiger partial charge in [0.15, 0.2) is 0 Å². The number of esters is 1. The maximum absolute atomic E-state index is 13.1. The number of amides is 3. The lowest BCUT2D eigenvalue weighted by Gasteiger charge is -2.30. The lowest BCUT2D eigenvalue weighted by Crippen LogP contribution is -2.55. The lowest BCUT2D eigenvalue weighted by atomic mass is 9.99. The molecule has 0 bridgehead atoms. The van der Waals surface area contributed by atoms with Crippen molar-refractivity contribution in [1.29, 1.82) is 5.26 Å². The van der Waals surface area contributed by atoms with Crippen LogP contribution in [0.5, 0.6) is 0 Å². The van der Waals surface area contributed by atoms with Crippen LogP contribution in [0.2, 0.25) is 0 Å². The molecule has 0 radical (unpaired) electrons. The third-order valence-electron chi connectivity index (χ3n) is 5.25. The standard InChI is InChI=1S/C23H32N4O6/c1-15(2)12-18(26-23(30)27-8-10-33-11-9-27)21(28)25-19(14-24)20(31-3)16-6-5-7-17(13-16)22(29)32-4/h5-7,13,15,18-20H,8-12H2,1-4H3,(H,25,28)(H,26,30)/t18-,19+,20?/m0/s1. The topological polar surface area (TPSA) is 130 Å². The van der Waals surface area contributed by atoms with E-state index in [4.69, 9.17) is 14.2 Å². The van der Waals surface area contributed by atoms with Crippen LogP contribution < -0.4 is 10.6 Å². The first-order valence-corrected chi connectivity index (χ1v) is 10.8. The fraction of sp³-hybridized carbons (Fsp3) is 0.565. The maximum atomic E-state index is 13.1. The summed E-state index contributed by atoms with van der Waals surface area (Å²) in [7, 11) is 2.69. The van der Waals surface area contributed by atoms with Crippen molar-refractivity contribution < 1.29 is 28.6 Å². The first-order valence-electron chi connectivity index (χ1n) is 10.8. The number of nitrogens with one attached hydrogen (secondary N) is 2. The molecule has 180 valence electrons. The summed E-state index contributed by atoms with van der Waals surface area (Å²) in [6.07, 6.45) is -0.437. The highest BCUT2D eigenvalue weighted by molar-refractivity contribution is 5.89. The van der Waals surface area contributed by atoms with Crippen molar-refractivity contribution in [3.63, 3.8) is 0 Å². The number of urea groups is 1. The zero-order valence-electron chi connectivity index (χ0n) is 19.5. The number of methoxy groups -OCH3 is 2. The number of nitriles is 1. The molecule has 2 rings (SSSR count). The van der Waals surface area contributed by atoms with E-state index in [1.165, 1.54) is 14.2 Å². The molecule has 0 aromatic heterocycles. The summed E-state index contributed by atoms with van der Waals surface area (Å²) in [5.41, 5.74) is 0.834. The van der Waals surface area contributed by atoms with Gasteiger partial charge in [-0.25, -0.2) is 9.59 Å². The van der Waals surface area contributed by atoms with Gasteiger partial charge in [-0.05, 0) is 30.0 Å². The van der Waals surface area contributed by atoms with Crippen LogP contribution in [-0.2, 0) is 19.0 Å². The predicted octanol–water partition coefficient (Wildman–Crippen LogP) is 1.63. The highest BCUT2D eigenvalue weighted by Crippen LogP contribution is 2.22. The maximum Gasteiger partial charge on any atom is 0.337 e. The number of nitrogens with zero attached hydrogens (tertiary/aromatic N) is 2. The average Bonchev–Trinajstić information content (AvgIpc) is 2.83. The average molecular weight is 461 g/mol. The molecule has 1 aliphatic heterocycles. The Hall–Kier alpha value is -3.16. The fourth-order valence-corrected chi connectivity index (χ4v) is 3.56. The molecular weight excluding hydrogens is 428 g/mol. The Balaban J connectivity index is 2.16. The van der Waals surface area contributed by atoms with E-state index in [0.29, 0.717) is 43.9 Å². The molecule has 3 amide bonds. The normalized spacial score (nSPS) is 16.3. The monoisotopic (exact) mass is 460 g/mol. The quantitative estimate of drug-likeness (QED) is 0.536. The summed E-state index contributed by atoms with van der Waals surface area (Å²) < 4.78 is 15.5. The van der Waals surface area contributed by atoms with Gasteiger partial charge < -0.3 is 29.7 Å². The summed E-state index contributed by atoms with van der Waals surface area (Å²) in [4.78, 5) is 39.2. The zero-order chi connectivity index (χ0) is 24.4. The largest absolute Gasteiger partial charge is 0.465 e. The molecule has 10 nitrogen and oxygen atoms in total. The summed E-state index contributed by atoms with van der Waals surface area (Å²) in [6, 6.07) is 6.32. The summed E-state index contributed by atoms with van der Waals surface area (Å²) in [6.45, 7) is 5.69. The fourth-order valence-electron chi connectivity index (χ4n) is 3.56. The summed E-state index contributed by atoms with van der Waals surface area (Å²) in [5.74, 6) is -0.878. The van der Waals surface area contributed by atoms with Gasteiger partial charge in [-0.15, -0.1) is 0 Å². The molecule has 1 aromatic rings. The second-order valence-corrected chi connectivity index (χ2v) is 8.12. The number of benzene rings is 1. The Bertz CT molecular complexity index is 863. The van der Waals surface area contributed by atoms with Gasteiger partial charge in [0.25, 0.3) is 0 Å². The second-order valence-electron chi connectivity index (χ2n) is 8.12. The SMILES string of the molecule is COC(=O)c1cccc(C(OC)[C@@H](C#N)NC(=O)[C@H](CC(C)C)NC(=O)N2CCOCC2)c1. The van der Waals surface area contributed by atoms with E-state index < -0.39 is 30.1 Å². The predicted molar refractivity (Wildman–Crippen MR) is 119 cm³/mol. The van der Waals surface area contributed by atoms with E-state index in [0.717, 1.165) is 0 Å². The lowest BCUT2D eigenvalue weighted by molar-refractivity contribution is -0.124. The van der Waals surface area contributed by atoms with Gasteiger partial charge in [-0.2, -0.15) is 5.26 Å². The van der Waals surface area contributed by atoms with Crippen LogP contribution >= 0.6 is 0 Å². The van der Waals surface area contributed by atoms with E-state index in [2.05, 4.69) is 16.7 Å². The van der Waals surface area contributed by atoms with Gasteiger partial charge in [0.2, 0.25) is 5.91 Å². The molecule has 2 N–H and O–H groups in total. The van der Waals surface area contributed by atoms with Gasteiger partial charge in [-0.1, -0.05) is 26.0 Å². The van der Waals surface area contributed by atoms with Gasteiger partial charge in [0, 0.05) is 20.2 Å². The molecule has 1 unspecified atom stereocenters. The van der Waals surface area contributed by atoms with E-state index in [1.54, 1.807) is 29.2 Å². The van der Waals surface area contributed by atoms with Crippen molar-refractivity contribution in [3.05, 3.63) is 35.4 Å². The molecule has 33 heavy (non-hydrogen) atoms. The van der Waals surface area contributed by atoms with Gasteiger partial charge in [0.1, 0.15) is 18.2 Å². The molecule has 3 atom stereocenters. The number of hydrogen-bond acceptors (Lipinski definition) is 7. The molecule has 1 aromatic carbocycles. The molecule has 1 aliphatic rings. The van der Waals surface area contributed by atoms with Gasteiger partial charge >= 0.3 is 12.0 Å². The Labute approximate surface area is 194 Å². The van der Waals surface area contributed by atoms with Gasteiger partial charge in [0.05, 0.1) is 32.0 Å². The molecule has 0 spiro atoms. The molecule has 1 fully saturated rings. The van der Waals surface area contributed by atoms with Crippen LogP contribution in [0, 0.1) is 17.2 Å². The third kappa shape index (κ3) is 7.44. The van der Waals surface area contributed by atoms with Crippen LogP contribution in [0.3, 0.4) is 0 Å². The molecule has 10 heteroatoms. The van der Waals surface area contributed by atoms with E-state index in [1.807, 2.05) is 13.8 Å². The van der Waals surface area contributed by atoms with Crippen LogP contribution in [0.1, 0.15) is 42.3 Å². The molecule has 1 saturated heterocycles. The number of carbonyl (C=O) groups is 3. The van der Waals surface area contributed by atoms with Crippen molar-refractivity contribution in [2.75, 3.05) is 40.5 Å². The minimum Gasteiger partial charge on any atom is -0.465 e. The molecular formula is C23H32N4O6. The van der Waals surface area contributed by atoms with E-state index in [9.17, 15) is 19.6 Å². The minimum absolute atomic E-state index is 0.126. The van der Waals surface area contributed by atoms with Crippen LogP contribution in [0.15, 0.2) is 24.3 Å². The Morgan fingerprint density at radius 3 is 2.45 bits per heavy atom. The van der Waals surface area contributed by atoms with Crippen LogP contribution in [0.4, 0.5) is 4.79 Å². The number of rotatable bonds is 9. The van der Waals surface area contributed by atoms with Crippen molar-refractivity contribution in [2.45, 2.75) is 38.5 Å². The van der Waals surface area contributed by atoms with Crippen molar-refractivity contribution in [2.24, 2.45) is 5.92 Å². The van der Waals surface area contributed by atoms with E-state index in [-0.39, 0.29) is 11.9 Å². The van der Waals surface area contributed by atoms with Crippen molar-refractivity contribution in [3.8, 4) is 6.07 Å². The van der Waals surface area contributed by atoms with Crippen LogP contribution in [0.25, 0.3) is 0 Å². The highest BCUT2D eigenvalue weighted by atomic mass is 16.5. The number of ether oxygens (including phenoxy) is 3. The summed E-state index contributed by atoms with van der Waals surface area (Å²) in [5, 5.41) is 15.2. The Kier molecular flexibility index (Phi) is 10.1. The highest BCUT2D eigenvalue weighted by Gasteiger charge is 2.31. The first kappa shape index (κ1) is 26.1. The second kappa shape index (κ2) is 12.8. The minimum atomic E-state index is -1.05. The smallest absolute Gasteiger partial charge is 0.337 e. The number of carbonyl (C=O) groups excluding carboxylic acids is 3.